The van der Waals surface area contributed by atoms with Crippen LogP contribution in [0.25, 0.3) is 0 Å². The molecule has 0 radical (unpaired) electrons. The number of aromatic nitrogens is 2. The van der Waals surface area contributed by atoms with E-state index in [0.717, 1.165) is 45.0 Å². The van der Waals surface area contributed by atoms with E-state index in [2.05, 4.69) is 28.7 Å². The number of nitrogens with one attached hydrogen (secondary N) is 1. The van der Waals surface area contributed by atoms with Crippen LogP contribution in [-0.4, -0.2) is 28.3 Å². The van der Waals surface area contributed by atoms with E-state index in [1.54, 1.807) is 0 Å². The van der Waals surface area contributed by atoms with Crippen LogP contribution < -0.4 is 5.32 Å². The molecule has 0 aliphatic carbocycles. The van der Waals surface area contributed by atoms with Crippen molar-refractivity contribution in [2.45, 2.75) is 45.3 Å². The Labute approximate surface area is 97.0 Å². The Morgan fingerprint density at radius 1 is 1.50 bits per heavy atom. The first-order chi connectivity index (χ1) is 7.73. The molecule has 1 aromatic rings. The first-order valence-corrected chi connectivity index (χ1v) is 6.06. The molecule has 1 saturated heterocycles. The van der Waals surface area contributed by atoms with Crippen LogP contribution in [0, 0.1) is 0 Å². The van der Waals surface area contributed by atoms with Crippen molar-refractivity contribution >= 4 is 0 Å². The Hall–Kier alpha value is -0.870. The topological polar surface area (TPSA) is 39.1 Å². The van der Waals surface area contributed by atoms with Crippen molar-refractivity contribution < 1.29 is 4.74 Å². The number of rotatable bonds is 4. The molecule has 1 aromatic heterocycles. The maximum Gasteiger partial charge on any atom is 0.122 e. The minimum Gasteiger partial charge on any atom is -0.381 e. The van der Waals surface area contributed by atoms with E-state index in [1.807, 2.05) is 12.4 Å². The third-order valence-corrected chi connectivity index (χ3v) is 3.41. The van der Waals surface area contributed by atoms with Gasteiger partial charge >= 0.3 is 0 Å². The third-order valence-electron chi connectivity index (χ3n) is 3.41. The van der Waals surface area contributed by atoms with Crippen LogP contribution in [0.3, 0.4) is 0 Å². The second kappa shape index (κ2) is 4.97. The average Bonchev–Trinajstić information content (AvgIpc) is 2.75. The largest absolute Gasteiger partial charge is 0.381 e. The van der Waals surface area contributed by atoms with Crippen LogP contribution in [0.15, 0.2) is 12.4 Å². The third kappa shape index (κ3) is 2.62. The number of nitrogens with zero attached hydrogens (tertiary/aromatic N) is 2. The van der Waals surface area contributed by atoms with Gasteiger partial charge in [-0.15, -0.1) is 0 Å². The van der Waals surface area contributed by atoms with Gasteiger partial charge in [-0.05, 0) is 26.7 Å². The summed E-state index contributed by atoms with van der Waals surface area (Å²) in [7, 11) is 0. The zero-order valence-electron chi connectivity index (χ0n) is 10.2. The SMILES string of the molecule is CCn1ccnc1CNC1(C)CCOCC1. The molecule has 0 unspecified atom stereocenters. The Morgan fingerprint density at radius 2 is 2.25 bits per heavy atom. The fourth-order valence-corrected chi connectivity index (χ4v) is 2.09. The number of hydrogen-bond donors (Lipinski definition) is 1. The van der Waals surface area contributed by atoms with Crippen LogP contribution in [0.5, 0.6) is 0 Å². The Balaban J connectivity index is 1.91. The fraction of sp³-hybridized carbons (Fsp3) is 0.750. The standard InChI is InChI=1S/C12H21N3O/c1-3-15-7-6-13-11(15)10-14-12(2)4-8-16-9-5-12/h6-7,14H,3-5,8-10H2,1-2H3. The van der Waals surface area contributed by atoms with Gasteiger partial charge in [0.25, 0.3) is 0 Å². The molecule has 0 bridgehead atoms. The first-order valence-electron chi connectivity index (χ1n) is 6.06. The molecular formula is C12H21N3O. The zero-order valence-corrected chi connectivity index (χ0v) is 10.2. The van der Waals surface area contributed by atoms with E-state index in [-0.39, 0.29) is 5.54 Å². The Bertz CT molecular complexity index is 329. The normalized spacial score (nSPS) is 19.9. The molecule has 16 heavy (non-hydrogen) atoms. The molecule has 1 fully saturated rings. The van der Waals surface area contributed by atoms with Crippen LogP contribution in [0.4, 0.5) is 0 Å². The first kappa shape index (κ1) is 11.6. The van der Waals surface area contributed by atoms with Gasteiger partial charge in [0.2, 0.25) is 0 Å². The fourth-order valence-electron chi connectivity index (χ4n) is 2.09. The van der Waals surface area contributed by atoms with Gasteiger partial charge in [-0.25, -0.2) is 4.98 Å². The molecule has 0 saturated carbocycles. The summed E-state index contributed by atoms with van der Waals surface area (Å²) in [4.78, 5) is 4.37. The molecule has 90 valence electrons. The summed E-state index contributed by atoms with van der Waals surface area (Å²) < 4.78 is 7.56. The molecule has 0 spiro atoms. The summed E-state index contributed by atoms with van der Waals surface area (Å²) in [6.45, 7) is 7.97. The predicted molar refractivity (Wildman–Crippen MR) is 63.2 cm³/mol. The van der Waals surface area contributed by atoms with Gasteiger partial charge in [-0.1, -0.05) is 0 Å². The lowest BCUT2D eigenvalue weighted by Gasteiger charge is -2.34. The molecule has 1 aliphatic heterocycles. The van der Waals surface area contributed by atoms with Gasteiger partial charge in [-0.3, -0.25) is 0 Å². The molecular weight excluding hydrogens is 202 g/mol. The summed E-state index contributed by atoms with van der Waals surface area (Å²) in [5.41, 5.74) is 0.211. The van der Waals surface area contributed by atoms with Gasteiger partial charge in [0.1, 0.15) is 5.82 Å². The minimum atomic E-state index is 0.211. The van der Waals surface area contributed by atoms with E-state index in [0.29, 0.717) is 0 Å². The molecule has 2 heterocycles. The van der Waals surface area contributed by atoms with Crippen molar-refractivity contribution in [3.05, 3.63) is 18.2 Å². The molecule has 2 rings (SSSR count). The highest BCUT2D eigenvalue weighted by Crippen LogP contribution is 2.20. The minimum absolute atomic E-state index is 0.211. The molecule has 0 atom stereocenters. The van der Waals surface area contributed by atoms with Crippen LogP contribution >= 0.6 is 0 Å². The maximum atomic E-state index is 5.39. The summed E-state index contributed by atoms with van der Waals surface area (Å²) in [6, 6.07) is 0. The van der Waals surface area contributed by atoms with E-state index in [9.17, 15) is 0 Å². The van der Waals surface area contributed by atoms with Crippen molar-refractivity contribution in [2.75, 3.05) is 13.2 Å². The highest BCUT2D eigenvalue weighted by molar-refractivity contribution is 4.94. The maximum absolute atomic E-state index is 5.39. The van der Waals surface area contributed by atoms with Crippen LogP contribution in [-0.2, 0) is 17.8 Å². The second-order valence-electron chi connectivity index (χ2n) is 4.66. The number of imidazole rings is 1. The van der Waals surface area contributed by atoms with Gasteiger partial charge in [-0.2, -0.15) is 0 Å². The van der Waals surface area contributed by atoms with E-state index in [1.165, 1.54) is 0 Å². The van der Waals surface area contributed by atoms with Gasteiger partial charge in [0.15, 0.2) is 0 Å². The van der Waals surface area contributed by atoms with E-state index >= 15 is 0 Å². The average molecular weight is 223 g/mol. The number of aryl methyl sites for hydroxylation is 1. The Morgan fingerprint density at radius 3 is 2.94 bits per heavy atom. The highest BCUT2D eigenvalue weighted by Gasteiger charge is 2.26. The summed E-state index contributed by atoms with van der Waals surface area (Å²) in [6.07, 6.45) is 6.07. The molecule has 4 heteroatoms. The smallest absolute Gasteiger partial charge is 0.122 e. The summed E-state index contributed by atoms with van der Waals surface area (Å²) >= 11 is 0. The molecule has 0 amide bonds. The van der Waals surface area contributed by atoms with Crippen LogP contribution in [0.1, 0.15) is 32.5 Å². The zero-order chi connectivity index (χ0) is 11.4. The molecule has 0 aromatic carbocycles. The lowest BCUT2D eigenvalue weighted by atomic mass is 9.92. The number of hydrogen-bond acceptors (Lipinski definition) is 3. The van der Waals surface area contributed by atoms with E-state index in [4.69, 9.17) is 4.74 Å². The number of ether oxygens (including phenoxy) is 1. The summed E-state index contributed by atoms with van der Waals surface area (Å²) in [5, 5.41) is 3.61. The van der Waals surface area contributed by atoms with Gasteiger partial charge < -0.3 is 14.6 Å². The van der Waals surface area contributed by atoms with Gasteiger partial charge in [0, 0.05) is 37.7 Å². The second-order valence-corrected chi connectivity index (χ2v) is 4.66. The monoisotopic (exact) mass is 223 g/mol. The van der Waals surface area contributed by atoms with Crippen LogP contribution in [0.2, 0.25) is 0 Å². The highest BCUT2D eigenvalue weighted by atomic mass is 16.5. The molecule has 1 N–H and O–H groups in total. The van der Waals surface area contributed by atoms with Crippen molar-refractivity contribution in [3.63, 3.8) is 0 Å². The quantitative estimate of drug-likeness (QED) is 0.842. The van der Waals surface area contributed by atoms with Gasteiger partial charge in [0.05, 0.1) is 6.54 Å². The van der Waals surface area contributed by atoms with E-state index < -0.39 is 0 Å². The molecule has 1 aliphatic rings. The summed E-state index contributed by atoms with van der Waals surface area (Å²) in [5.74, 6) is 1.12. The van der Waals surface area contributed by atoms with Crippen molar-refractivity contribution in [1.29, 1.82) is 0 Å². The predicted octanol–water partition coefficient (Wildman–Crippen LogP) is 1.56. The van der Waals surface area contributed by atoms with Crippen molar-refractivity contribution in [1.82, 2.24) is 14.9 Å². The Kier molecular flexibility index (Phi) is 3.61. The molecule has 4 nitrogen and oxygen atoms in total. The van der Waals surface area contributed by atoms with Crippen molar-refractivity contribution in [2.24, 2.45) is 0 Å². The lowest BCUT2D eigenvalue weighted by molar-refractivity contribution is 0.0442. The van der Waals surface area contributed by atoms with Crippen molar-refractivity contribution in [3.8, 4) is 0 Å². The lowest BCUT2D eigenvalue weighted by Crippen LogP contribution is -2.46.